The van der Waals surface area contributed by atoms with Crippen molar-refractivity contribution in [3.8, 4) is 0 Å². The first-order chi connectivity index (χ1) is 8.32. The molecule has 1 aliphatic carbocycles. The van der Waals surface area contributed by atoms with E-state index >= 15 is 0 Å². The van der Waals surface area contributed by atoms with Gasteiger partial charge in [0.05, 0.1) is 11.5 Å². The molecule has 1 saturated heterocycles. The largest absolute Gasteiger partial charge is 0.409 e. The standard InChI is InChI=1S/C10H17N3O4S/c1-13(7-2-5-18(16,17)6-7)9(14)10(3-4-10)8(11)12-15/h7,15H,2-6H2,1H3,(H2,11,12). The highest BCUT2D eigenvalue weighted by atomic mass is 32.2. The lowest BCUT2D eigenvalue weighted by Crippen LogP contribution is -2.46. The Labute approximate surface area is 106 Å². The van der Waals surface area contributed by atoms with Crippen LogP contribution in [-0.2, 0) is 14.6 Å². The number of sulfone groups is 1. The lowest BCUT2D eigenvalue weighted by molar-refractivity contribution is -0.134. The summed E-state index contributed by atoms with van der Waals surface area (Å²) in [5.74, 6) is -0.215. The maximum Gasteiger partial charge on any atom is 0.236 e. The third-order valence-electron chi connectivity index (χ3n) is 3.83. The van der Waals surface area contributed by atoms with E-state index in [0.717, 1.165) is 0 Å². The van der Waals surface area contributed by atoms with Crippen molar-refractivity contribution in [2.24, 2.45) is 16.3 Å². The van der Waals surface area contributed by atoms with Gasteiger partial charge in [-0.15, -0.1) is 0 Å². The molecule has 1 saturated carbocycles. The third kappa shape index (κ3) is 2.05. The predicted octanol–water partition coefficient (Wildman–Crippen LogP) is -0.841. The Hall–Kier alpha value is -1.31. The summed E-state index contributed by atoms with van der Waals surface area (Å²) in [6.07, 6.45) is 1.55. The summed E-state index contributed by atoms with van der Waals surface area (Å²) in [5.41, 5.74) is 4.63. The van der Waals surface area contributed by atoms with Crippen molar-refractivity contribution in [2.45, 2.75) is 25.3 Å². The highest BCUT2D eigenvalue weighted by Gasteiger charge is 2.56. The highest BCUT2D eigenvalue weighted by Crippen LogP contribution is 2.47. The molecule has 2 rings (SSSR count). The van der Waals surface area contributed by atoms with Crippen LogP contribution < -0.4 is 5.73 Å². The number of rotatable bonds is 3. The molecule has 1 heterocycles. The van der Waals surface area contributed by atoms with Crippen LogP contribution in [0.3, 0.4) is 0 Å². The first-order valence-electron chi connectivity index (χ1n) is 5.78. The molecule has 18 heavy (non-hydrogen) atoms. The zero-order valence-electron chi connectivity index (χ0n) is 10.2. The summed E-state index contributed by atoms with van der Waals surface area (Å²) in [5, 5.41) is 11.6. The lowest BCUT2D eigenvalue weighted by atomic mass is 10.0. The van der Waals surface area contributed by atoms with Crippen LogP contribution in [0.2, 0.25) is 0 Å². The van der Waals surface area contributed by atoms with Crippen molar-refractivity contribution in [1.29, 1.82) is 0 Å². The molecule has 102 valence electrons. The molecule has 3 N–H and O–H groups in total. The third-order valence-corrected chi connectivity index (χ3v) is 5.58. The fraction of sp³-hybridized carbons (Fsp3) is 0.800. The van der Waals surface area contributed by atoms with Gasteiger partial charge in [-0.3, -0.25) is 4.79 Å². The summed E-state index contributed by atoms with van der Waals surface area (Å²) in [4.78, 5) is 13.7. The van der Waals surface area contributed by atoms with Crippen LogP contribution in [0.25, 0.3) is 0 Å². The minimum absolute atomic E-state index is 0.00148. The molecule has 0 aromatic heterocycles. The molecule has 0 aromatic carbocycles. The predicted molar refractivity (Wildman–Crippen MR) is 64.9 cm³/mol. The van der Waals surface area contributed by atoms with Gasteiger partial charge in [-0.2, -0.15) is 0 Å². The van der Waals surface area contributed by atoms with Gasteiger partial charge in [0, 0.05) is 13.1 Å². The van der Waals surface area contributed by atoms with E-state index < -0.39 is 15.3 Å². The number of carbonyl (C=O) groups is 1. The second-order valence-corrected chi connectivity index (χ2v) is 7.27. The fourth-order valence-electron chi connectivity index (χ4n) is 2.38. The molecule has 0 aromatic rings. The van der Waals surface area contributed by atoms with E-state index in [0.29, 0.717) is 19.3 Å². The summed E-state index contributed by atoms with van der Waals surface area (Å²) in [7, 11) is -1.45. The molecule has 0 spiro atoms. The van der Waals surface area contributed by atoms with E-state index in [1.54, 1.807) is 7.05 Å². The maximum absolute atomic E-state index is 12.3. The van der Waals surface area contributed by atoms with Crippen LogP contribution >= 0.6 is 0 Å². The van der Waals surface area contributed by atoms with Gasteiger partial charge < -0.3 is 15.8 Å². The zero-order valence-corrected chi connectivity index (χ0v) is 11.0. The second kappa shape index (κ2) is 4.11. The Morgan fingerprint density at radius 3 is 2.50 bits per heavy atom. The Balaban J connectivity index is 2.11. The molecule has 7 nitrogen and oxygen atoms in total. The number of carbonyl (C=O) groups excluding carboxylic acids is 1. The van der Waals surface area contributed by atoms with Gasteiger partial charge >= 0.3 is 0 Å². The molecule has 0 radical (unpaired) electrons. The molecule has 1 aliphatic heterocycles. The summed E-state index contributed by atoms with van der Waals surface area (Å²) in [6.45, 7) is 0. The van der Waals surface area contributed by atoms with E-state index in [1.807, 2.05) is 0 Å². The van der Waals surface area contributed by atoms with Crippen LogP contribution in [0, 0.1) is 5.41 Å². The lowest BCUT2D eigenvalue weighted by Gasteiger charge is -2.27. The van der Waals surface area contributed by atoms with Gasteiger partial charge in [-0.1, -0.05) is 5.16 Å². The second-order valence-electron chi connectivity index (χ2n) is 5.04. The Bertz CT molecular complexity index is 495. The molecule has 0 bridgehead atoms. The fourth-order valence-corrected chi connectivity index (χ4v) is 4.16. The smallest absolute Gasteiger partial charge is 0.236 e. The molecule has 2 fully saturated rings. The first kappa shape index (κ1) is 13.1. The van der Waals surface area contributed by atoms with Crippen LogP contribution in [0.1, 0.15) is 19.3 Å². The topological polar surface area (TPSA) is 113 Å². The van der Waals surface area contributed by atoms with Crippen molar-refractivity contribution in [2.75, 3.05) is 18.6 Å². The van der Waals surface area contributed by atoms with Crippen molar-refractivity contribution >= 4 is 21.6 Å². The molecule has 2 aliphatic rings. The average Bonchev–Trinajstić information content (AvgIpc) is 3.06. The van der Waals surface area contributed by atoms with Crippen LogP contribution in [-0.4, -0.2) is 54.9 Å². The summed E-state index contributed by atoms with van der Waals surface area (Å²) < 4.78 is 22.8. The number of nitrogens with two attached hydrogens (primary N) is 1. The van der Waals surface area contributed by atoms with E-state index in [-0.39, 0.29) is 29.3 Å². The normalized spacial score (nSPS) is 28.9. The van der Waals surface area contributed by atoms with Gasteiger partial charge in [0.15, 0.2) is 15.7 Å². The van der Waals surface area contributed by atoms with E-state index in [9.17, 15) is 13.2 Å². The summed E-state index contributed by atoms with van der Waals surface area (Å²) in [6, 6.07) is -0.300. The number of hydrogen-bond donors (Lipinski definition) is 2. The van der Waals surface area contributed by atoms with Crippen molar-refractivity contribution < 1.29 is 18.4 Å². The Morgan fingerprint density at radius 2 is 2.11 bits per heavy atom. The van der Waals surface area contributed by atoms with Crippen LogP contribution in [0.15, 0.2) is 5.16 Å². The average molecular weight is 275 g/mol. The molecule has 1 unspecified atom stereocenters. The van der Waals surface area contributed by atoms with Crippen LogP contribution in [0.5, 0.6) is 0 Å². The molecule has 1 amide bonds. The Kier molecular flexibility index (Phi) is 3.00. The van der Waals surface area contributed by atoms with E-state index in [2.05, 4.69) is 5.16 Å². The number of amides is 1. The van der Waals surface area contributed by atoms with Crippen molar-refractivity contribution in [3.63, 3.8) is 0 Å². The SMILES string of the molecule is CN(C(=O)C1(C(N)=NO)CC1)C1CCS(=O)(=O)C1. The van der Waals surface area contributed by atoms with Gasteiger partial charge in [0.25, 0.3) is 0 Å². The molecular formula is C10H17N3O4S. The summed E-state index contributed by atoms with van der Waals surface area (Å²) >= 11 is 0. The van der Waals surface area contributed by atoms with Gasteiger partial charge in [-0.25, -0.2) is 8.42 Å². The molecular weight excluding hydrogens is 258 g/mol. The number of nitrogens with zero attached hydrogens (tertiary/aromatic N) is 2. The minimum atomic E-state index is -3.03. The van der Waals surface area contributed by atoms with E-state index in [4.69, 9.17) is 10.9 Å². The number of hydrogen-bond acceptors (Lipinski definition) is 5. The maximum atomic E-state index is 12.3. The van der Waals surface area contributed by atoms with Gasteiger partial charge in [-0.05, 0) is 19.3 Å². The monoisotopic (exact) mass is 275 g/mol. The van der Waals surface area contributed by atoms with Gasteiger partial charge in [0.1, 0.15) is 5.41 Å². The Morgan fingerprint density at radius 1 is 1.50 bits per heavy atom. The molecule has 8 heteroatoms. The van der Waals surface area contributed by atoms with Crippen LogP contribution in [0.4, 0.5) is 0 Å². The zero-order chi connectivity index (χ0) is 13.6. The van der Waals surface area contributed by atoms with Crippen molar-refractivity contribution in [3.05, 3.63) is 0 Å². The molecule has 1 atom stereocenters. The quantitative estimate of drug-likeness (QED) is 0.302. The number of amidine groups is 1. The minimum Gasteiger partial charge on any atom is -0.409 e. The first-order valence-corrected chi connectivity index (χ1v) is 7.60. The number of oxime groups is 1. The van der Waals surface area contributed by atoms with Gasteiger partial charge in [0.2, 0.25) is 5.91 Å². The highest BCUT2D eigenvalue weighted by molar-refractivity contribution is 7.91. The van der Waals surface area contributed by atoms with Crippen molar-refractivity contribution in [1.82, 2.24) is 4.90 Å². The van der Waals surface area contributed by atoms with E-state index in [1.165, 1.54) is 4.90 Å².